The van der Waals surface area contributed by atoms with Gasteiger partial charge in [-0.3, -0.25) is 14.4 Å². The minimum atomic E-state index is -0.991. The Bertz CT molecular complexity index is 454. The average Bonchev–Trinajstić information content (AvgIpc) is 2.61. The van der Waals surface area contributed by atoms with Crippen LogP contribution in [0.4, 0.5) is 0 Å². The number of carboxylic acids is 1. The molecule has 7 heteroatoms. The summed E-state index contributed by atoms with van der Waals surface area (Å²) in [6, 6.07) is 0. The number of nitrogens with zero attached hydrogens (tertiary/aromatic N) is 3. The Kier molecular flexibility index (Phi) is 3.10. The van der Waals surface area contributed by atoms with Gasteiger partial charge in [0.05, 0.1) is 18.4 Å². The lowest BCUT2D eigenvalue weighted by Gasteiger charge is -2.26. The molecule has 1 amide bonds. The van der Waals surface area contributed by atoms with Gasteiger partial charge in [-0.05, 0) is 0 Å². The molecule has 2 N–H and O–H groups in total. The summed E-state index contributed by atoms with van der Waals surface area (Å²) < 4.78 is 1.54. The van der Waals surface area contributed by atoms with Crippen LogP contribution in [0.5, 0.6) is 0 Å². The van der Waals surface area contributed by atoms with Gasteiger partial charge < -0.3 is 10.4 Å². The summed E-state index contributed by atoms with van der Waals surface area (Å²) in [7, 11) is 1.70. The van der Waals surface area contributed by atoms with Crippen molar-refractivity contribution < 1.29 is 14.7 Å². The summed E-state index contributed by atoms with van der Waals surface area (Å²) in [6.45, 7) is 2.03. The number of hydrogen-bond acceptors (Lipinski definition) is 4. The Morgan fingerprint density at radius 1 is 1.65 bits per heavy atom. The van der Waals surface area contributed by atoms with E-state index in [-0.39, 0.29) is 11.5 Å². The lowest BCUT2D eigenvalue weighted by molar-refractivity contribution is -0.124. The number of aryl methyl sites for hydroxylation is 1. The summed E-state index contributed by atoms with van der Waals surface area (Å²) in [4.78, 5) is 24.1. The van der Waals surface area contributed by atoms with Gasteiger partial charge in [0.1, 0.15) is 5.56 Å². The van der Waals surface area contributed by atoms with Crippen LogP contribution in [-0.2, 0) is 18.4 Å². The predicted molar refractivity (Wildman–Crippen MR) is 58.5 cm³/mol. The normalized spacial score (nSPS) is 16.9. The molecule has 1 aliphatic heterocycles. The quantitative estimate of drug-likeness (QED) is 0.709. The van der Waals surface area contributed by atoms with Crippen molar-refractivity contribution in [3.63, 3.8) is 0 Å². The van der Waals surface area contributed by atoms with Crippen molar-refractivity contribution >= 4 is 11.9 Å². The van der Waals surface area contributed by atoms with Crippen LogP contribution in [0.3, 0.4) is 0 Å². The highest BCUT2D eigenvalue weighted by Crippen LogP contribution is 2.11. The SMILES string of the molecule is Cn1ncc(C(=O)O)c1CN1CCNC(=O)C1. The van der Waals surface area contributed by atoms with Crippen LogP contribution >= 0.6 is 0 Å². The van der Waals surface area contributed by atoms with Gasteiger partial charge in [0, 0.05) is 26.7 Å². The van der Waals surface area contributed by atoms with Crippen LogP contribution in [0.2, 0.25) is 0 Å². The number of carboxylic acid groups (broad SMARTS) is 1. The molecule has 92 valence electrons. The highest BCUT2D eigenvalue weighted by atomic mass is 16.4. The molecule has 1 saturated heterocycles. The molecule has 2 rings (SSSR count). The van der Waals surface area contributed by atoms with Gasteiger partial charge in [0.15, 0.2) is 0 Å². The molecule has 0 radical (unpaired) electrons. The molecule has 0 aromatic carbocycles. The monoisotopic (exact) mass is 238 g/mol. The highest BCUT2D eigenvalue weighted by Gasteiger charge is 2.21. The maximum atomic E-state index is 11.2. The first kappa shape index (κ1) is 11.6. The molecule has 2 heterocycles. The fourth-order valence-corrected chi connectivity index (χ4v) is 1.87. The fourth-order valence-electron chi connectivity index (χ4n) is 1.87. The minimum Gasteiger partial charge on any atom is -0.478 e. The molecule has 1 fully saturated rings. The first-order valence-corrected chi connectivity index (χ1v) is 5.31. The van der Waals surface area contributed by atoms with Crippen molar-refractivity contribution in [3.05, 3.63) is 17.5 Å². The van der Waals surface area contributed by atoms with E-state index in [1.54, 1.807) is 7.05 Å². The molecule has 0 unspecified atom stereocenters. The number of hydrogen-bond donors (Lipinski definition) is 2. The van der Waals surface area contributed by atoms with Crippen LogP contribution in [0, 0.1) is 0 Å². The van der Waals surface area contributed by atoms with Crippen LogP contribution in [0.1, 0.15) is 16.1 Å². The maximum Gasteiger partial charge on any atom is 0.339 e. The molecule has 0 aliphatic carbocycles. The number of carbonyl (C=O) groups excluding carboxylic acids is 1. The molecule has 7 nitrogen and oxygen atoms in total. The molecular formula is C10H14N4O3. The van der Waals surface area contributed by atoms with Crippen molar-refractivity contribution in [3.8, 4) is 0 Å². The Morgan fingerprint density at radius 3 is 3.06 bits per heavy atom. The summed E-state index contributed by atoms with van der Waals surface area (Å²) in [5.74, 6) is -1.02. The Morgan fingerprint density at radius 2 is 2.41 bits per heavy atom. The number of aromatic nitrogens is 2. The zero-order chi connectivity index (χ0) is 12.4. The molecule has 1 aliphatic rings. The standard InChI is InChI=1S/C10H14N4O3/c1-13-8(7(4-12-13)10(16)17)5-14-3-2-11-9(15)6-14/h4H,2-3,5-6H2,1H3,(H,11,15)(H,16,17). The van der Waals surface area contributed by atoms with E-state index in [2.05, 4.69) is 10.4 Å². The van der Waals surface area contributed by atoms with Gasteiger partial charge in [-0.25, -0.2) is 4.79 Å². The number of rotatable bonds is 3. The third-order valence-corrected chi connectivity index (χ3v) is 2.78. The molecule has 0 atom stereocenters. The van der Waals surface area contributed by atoms with E-state index in [9.17, 15) is 9.59 Å². The van der Waals surface area contributed by atoms with E-state index < -0.39 is 5.97 Å². The van der Waals surface area contributed by atoms with Crippen molar-refractivity contribution in [1.29, 1.82) is 0 Å². The van der Waals surface area contributed by atoms with E-state index >= 15 is 0 Å². The van der Waals surface area contributed by atoms with Crippen LogP contribution in [-0.4, -0.2) is 51.3 Å². The number of amides is 1. The van der Waals surface area contributed by atoms with Gasteiger partial charge in [0.2, 0.25) is 5.91 Å². The van der Waals surface area contributed by atoms with Gasteiger partial charge in [-0.2, -0.15) is 5.10 Å². The summed E-state index contributed by atoms with van der Waals surface area (Å²) in [6.07, 6.45) is 1.34. The minimum absolute atomic E-state index is 0.0321. The number of aromatic carboxylic acids is 1. The maximum absolute atomic E-state index is 11.2. The molecule has 1 aromatic rings. The van der Waals surface area contributed by atoms with Crippen molar-refractivity contribution in [2.24, 2.45) is 7.05 Å². The van der Waals surface area contributed by atoms with E-state index in [4.69, 9.17) is 5.11 Å². The lowest BCUT2D eigenvalue weighted by Crippen LogP contribution is -2.47. The van der Waals surface area contributed by atoms with Crippen molar-refractivity contribution in [2.45, 2.75) is 6.54 Å². The van der Waals surface area contributed by atoms with E-state index in [1.165, 1.54) is 10.9 Å². The molecular weight excluding hydrogens is 224 g/mol. The molecule has 0 bridgehead atoms. The third kappa shape index (κ3) is 2.44. The number of carbonyl (C=O) groups is 2. The average molecular weight is 238 g/mol. The second-order valence-corrected chi connectivity index (χ2v) is 3.99. The first-order chi connectivity index (χ1) is 8.08. The summed E-state index contributed by atoms with van der Waals surface area (Å²) >= 11 is 0. The van der Waals surface area contributed by atoms with E-state index in [1.807, 2.05) is 4.90 Å². The first-order valence-electron chi connectivity index (χ1n) is 5.31. The number of nitrogens with one attached hydrogen (secondary N) is 1. The van der Waals surface area contributed by atoms with Crippen LogP contribution in [0.15, 0.2) is 6.20 Å². The van der Waals surface area contributed by atoms with Gasteiger partial charge in [-0.1, -0.05) is 0 Å². The van der Waals surface area contributed by atoms with Crippen LogP contribution < -0.4 is 5.32 Å². The van der Waals surface area contributed by atoms with Crippen molar-refractivity contribution in [2.75, 3.05) is 19.6 Å². The topological polar surface area (TPSA) is 87.5 Å². The molecule has 0 spiro atoms. The van der Waals surface area contributed by atoms with E-state index in [0.29, 0.717) is 25.3 Å². The highest BCUT2D eigenvalue weighted by molar-refractivity contribution is 5.88. The summed E-state index contributed by atoms with van der Waals surface area (Å²) in [5, 5.41) is 15.7. The van der Waals surface area contributed by atoms with Gasteiger partial charge in [-0.15, -0.1) is 0 Å². The molecule has 17 heavy (non-hydrogen) atoms. The zero-order valence-corrected chi connectivity index (χ0v) is 9.51. The van der Waals surface area contributed by atoms with Crippen molar-refractivity contribution in [1.82, 2.24) is 20.0 Å². The lowest BCUT2D eigenvalue weighted by atomic mass is 10.2. The third-order valence-electron chi connectivity index (χ3n) is 2.78. The van der Waals surface area contributed by atoms with Crippen LogP contribution in [0.25, 0.3) is 0 Å². The predicted octanol–water partition coefficient (Wildman–Crippen LogP) is -0.950. The second-order valence-electron chi connectivity index (χ2n) is 3.99. The Labute approximate surface area is 98.0 Å². The van der Waals surface area contributed by atoms with E-state index in [0.717, 1.165) is 6.54 Å². The smallest absolute Gasteiger partial charge is 0.339 e. The second kappa shape index (κ2) is 4.54. The van der Waals surface area contributed by atoms with Gasteiger partial charge >= 0.3 is 5.97 Å². The number of piperazine rings is 1. The largest absolute Gasteiger partial charge is 0.478 e. The molecule has 0 saturated carbocycles. The Balaban J connectivity index is 2.14. The molecule has 1 aromatic heterocycles. The summed E-state index contributed by atoms with van der Waals surface area (Å²) in [5.41, 5.74) is 0.811. The zero-order valence-electron chi connectivity index (χ0n) is 9.51. The fraction of sp³-hybridized carbons (Fsp3) is 0.500. The van der Waals surface area contributed by atoms with Gasteiger partial charge in [0.25, 0.3) is 0 Å². The Hall–Kier alpha value is -1.89.